The lowest BCUT2D eigenvalue weighted by Crippen LogP contribution is -2.15. The number of nitrogens with two attached hydrogens (primary N) is 1. The Kier molecular flexibility index (Phi) is 3.77. The normalized spacial score (nSPS) is 17.1. The Morgan fingerprint density at radius 1 is 1.10 bits per heavy atom. The molecule has 0 bridgehead atoms. The third kappa shape index (κ3) is 2.87. The van der Waals surface area contributed by atoms with Gasteiger partial charge in [0.1, 0.15) is 5.75 Å². The van der Waals surface area contributed by atoms with Crippen LogP contribution in [0.2, 0.25) is 0 Å². The first-order valence-corrected chi connectivity index (χ1v) is 7.56. The molecule has 0 spiro atoms. The average Bonchev–Trinajstić information content (AvgIpc) is 2.68. The minimum absolute atomic E-state index is 0.337. The fraction of sp³-hybridized carbons (Fsp3) is 0.471. The summed E-state index contributed by atoms with van der Waals surface area (Å²) >= 11 is 0. The third-order valence-corrected chi connectivity index (χ3v) is 4.02. The van der Waals surface area contributed by atoms with Crippen LogP contribution < -0.4 is 10.5 Å². The van der Waals surface area contributed by atoms with E-state index >= 15 is 0 Å². The van der Waals surface area contributed by atoms with Crippen molar-refractivity contribution in [3.63, 3.8) is 0 Å². The monoisotopic (exact) mass is 270 g/mol. The van der Waals surface area contributed by atoms with E-state index in [-0.39, 0.29) is 0 Å². The minimum atomic E-state index is 0.337. The van der Waals surface area contributed by atoms with Crippen LogP contribution in [0.25, 0.3) is 10.9 Å². The largest absolute Gasteiger partial charge is 0.490 e. The Hall–Kier alpha value is -1.77. The van der Waals surface area contributed by atoms with Gasteiger partial charge in [-0.3, -0.25) is 4.98 Å². The maximum Gasteiger partial charge on any atom is 0.130 e. The zero-order chi connectivity index (χ0) is 13.9. The number of ether oxygens (including phenoxy) is 1. The van der Waals surface area contributed by atoms with Crippen LogP contribution in [0.5, 0.6) is 5.75 Å². The van der Waals surface area contributed by atoms with E-state index < -0.39 is 0 Å². The number of aryl methyl sites for hydroxylation is 1. The minimum Gasteiger partial charge on any atom is -0.490 e. The van der Waals surface area contributed by atoms with Crippen molar-refractivity contribution in [3.8, 4) is 5.75 Å². The van der Waals surface area contributed by atoms with E-state index in [0.29, 0.717) is 6.10 Å². The van der Waals surface area contributed by atoms with Gasteiger partial charge in [0, 0.05) is 22.8 Å². The molecule has 0 amide bonds. The van der Waals surface area contributed by atoms with Crippen molar-refractivity contribution in [2.24, 2.45) is 0 Å². The van der Waals surface area contributed by atoms with Gasteiger partial charge in [-0.25, -0.2) is 0 Å². The number of fused-ring (bicyclic) bond motifs is 1. The van der Waals surface area contributed by atoms with E-state index in [1.54, 1.807) is 0 Å². The van der Waals surface area contributed by atoms with Crippen LogP contribution in [0.4, 0.5) is 5.69 Å². The Balaban J connectivity index is 1.94. The fourth-order valence-corrected chi connectivity index (χ4v) is 2.98. The van der Waals surface area contributed by atoms with Crippen molar-refractivity contribution in [2.45, 2.75) is 51.6 Å². The molecular formula is C17H22N2O. The van der Waals surface area contributed by atoms with Crippen LogP contribution in [0.1, 0.15) is 44.2 Å². The maximum atomic E-state index is 6.29. The van der Waals surface area contributed by atoms with Crippen LogP contribution in [-0.4, -0.2) is 11.1 Å². The second-order valence-corrected chi connectivity index (χ2v) is 5.77. The average molecular weight is 270 g/mol. The summed E-state index contributed by atoms with van der Waals surface area (Å²) in [5.41, 5.74) is 8.62. The summed E-state index contributed by atoms with van der Waals surface area (Å²) in [6.45, 7) is 2.01. The summed E-state index contributed by atoms with van der Waals surface area (Å²) in [5, 5.41) is 1.03. The van der Waals surface area contributed by atoms with Crippen LogP contribution in [0, 0.1) is 6.92 Å². The number of rotatable bonds is 2. The summed E-state index contributed by atoms with van der Waals surface area (Å²) in [6.07, 6.45) is 7.87. The van der Waals surface area contributed by atoms with E-state index in [0.717, 1.165) is 40.9 Å². The van der Waals surface area contributed by atoms with Gasteiger partial charge in [-0.1, -0.05) is 12.8 Å². The summed E-state index contributed by atoms with van der Waals surface area (Å²) in [7, 11) is 0. The van der Waals surface area contributed by atoms with Gasteiger partial charge < -0.3 is 10.5 Å². The predicted molar refractivity (Wildman–Crippen MR) is 83.0 cm³/mol. The van der Waals surface area contributed by atoms with Gasteiger partial charge in [0.15, 0.2) is 0 Å². The highest BCUT2D eigenvalue weighted by Crippen LogP contribution is 2.30. The molecule has 1 saturated carbocycles. The molecule has 0 atom stereocenters. The first-order valence-electron chi connectivity index (χ1n) is 7.56. The lowest BCUT2D eigenvalue weighted by Gasteiger charge is -2.19. The topological polar surface area (TPSA) is 48.1 Å². The summed E-state index contributed by atoms with van der Waals surface area (Å²) in [4.78, 5) is 4.55. The van der Waals surface area contributed by atoms with E-state index in [9.17, 15) is 0 Å². The molecule has 106 valence electrons. The van der Waals surface area contributed by atoms with Gasteiger partial charge in [0.2, 0.25) is 0 Å². The van der Waals surface area contributed by atoms with Crippen molar-refractivity contribution < 1.29 is 4.74 Å². The van der Waals surface area contributed by atoms with Gasteiger partial charge in [-0.2, -0.15) is 0 Å². The van der Waals surface area contributed by atoms with Crippen molar-refractivity contribution in [2.75, 3.05) is 5.73 Å². The second kappa shape index (κ2) is 5.70. The molecule has 3 rings (SSSR count). The molecular weight excluding hydrogens is 248 g/mol. The fourth-order valence-electron chi connectivity index (χ4n) is 2.98. The molecule has 3 nitrogen and oxygen atoms in total. The molecule has 1 aromatic carbocycles. The summed E-state index contributed by atoms with van der Waals surface area (Å²) in [5.74, 6) is 0.937. The molecule has 0 radical (unpaired) electrons. The molecule has 0 aliphatic heterocycles. The Morgan fingerprint density at radius 2 is 1.85 bits per heavy atom. The van der Waals surface area contributed by atoms with Crippen molar-refractivity contribution in [1.29, 1.82) is 0 Å². The highest BCUT2D eigenvalue weighted by molar-refractivity contribution is 5.87. The molecule has 0 saturated heterocycles. The number of nitrogens with zero attached hydrogens (tertiary/aromatic N) is 1. The van der Waals surface area contributed by atoms with E-state index in [1.807, 2.05) is 31.2 Å². The first-order chi connectivity index (χ1) is 9.72. The molecule has 20 heavy (non-hydrogen) atoms. The van der Waals surface area contributed by atoms with Crippen LogP contribution >= 0.6 is 0 Å². The van der Waals surface area contributed by atoms with E-state index in [2.05, 4.69) is 4.98 Å². The molecule has 3 heteroatoms. The lowest BCUT2D eigenvalue weighted by atomic mass is 10.1. The number of aromatic nitrogens is 1. The third-order valence-electron chi connectivity index (χ3n) is 4.02. The smallest absolute Gasteiger partial charge is 0.130 e. The van der Waals surface area contributed by atoms with Crippen molar-refractivity contribution in [1.82, 2.24) is 4.98 Å². The first kappa shape index (κ1) is 13.2. The molecule has 2 aromatic rings. The Labute approximate surface area is 120 Å². The van der Waals surface area contributed by atoms with Gasteiger partial charge in [0.05, 0.1) is 11.6 Å². The van der Waals surface area contributed by atoms with E-state index in [1.165, 1.54) is 25.7 Å². The molecule has 0 unspecified atom stereocenters. The van der Waals surface area contributed by atoms with Gasteiger partial charge in [-0.15, -0.1) is 0 Å². The SMILES string of the molecule is Cc1cc(OC2CCCCCC2)c2cc(N)ccc2n1. The Bertz CT molecular complexity index is 601. The zero-order valence-electron chi connectivity index (χ0n) is 12.1. The second-order valence-electron chi connectivity index (χ2n) is 5.77. The number of hydrogen-bond donors (Lipinski definition) is 1. The molecule has 1 aliphatic rings. The van der Waals surface area contributed by atoms with Crippen LogP contribution in [0.3, 0.4) is 0 Å². The molecule has 1 aliphatic carbocycles. The number of anilines is 1. The number of pyridine rings is 1. The quantitative estimate of drug-likeness (QED) is 0.656. The molecule has 2 N–H and O–H groups in total. The summed E-state index contributed by atoms with van der Waals surface area (Å²) < 4.78 is 6.29. The highest BCUT2D eigenvalue weighted by atomic mass is 16.5. The van der Waals surface area contributed by atoms with Crippen molar-refractivity contribution >= 4 is 16.6 Å². The predicted octanol–water partition coefficient (Wildman–Crippen LogP) is 4.23. The standard InChI is InChI=1S/C17H22N2O/c1-12-10-17(20-14-6-4-2-3-5-7-14)15-11-13(18)8-9-16(15)19-12/h8-11,14H,2-7,18H2,1H3. The Morgan fingerprint density at radius 3 is 2.60 bits per heavy atom. The van der Waals surface area contributed by atoms with Gasteiger partial charge in [0.25, 0.3) is 0 Å². The molecule has 1 aromatic heterocycles. The zero-order valence-corrected chi connectivity index (χ0v) is 12.1. The number of nitrogen functional groups attached to an aromatic ring is 1. The molecule has 1 fully saturated rings. The van der Waals surface area contributed by atoms with E-state index in [4.69, 9.17) is 10.5 Å². The number of hydrogen-bond acceptors (Lipinski definition) is 3. The van der Waals surface area contributed by atoms with Crippen LogP contribution in [-0.2, 0) is 0 Å². The van der Waals surface area contributed by atoms with Crippen LogP contribution in [0.15, 0.2) is 24.3 Å². The van der Waals surface area contributed by atoms with Crippen molar-refractivity contribution in [3.05, 3.63) is 30.0 Å². The highest BCUT2D eigenvalue weighted by Gasteiger charge is 2.15. The maximum absolute atomic E-state index is 6.29. The summed E-state index contributed by atoms with van der Waals surface area (Å²) in [6, 6.07) is 7.86. The number of benzene rings is 1. The molecule has 1 heterocycles. The lowest BCUT2D eigenvalue weighted by molar-refractivity contribution is 0.186. The van der Waals surface area contributed by atoms with Gasteiger partial charge >= 0.3 is 0 Å². The van der Waals surface area contributed by atoms with Gasteiger partial charge in [-0.05, 0) is 50.8 Å².